The van der Waals surface area contributed by atoms with E-state index in [2.05, 4.69) is 24.5 Å². The van der Waals surface area contributed by atoms with Crippen LogP contribution < -0.4 is 0 Å². The molecule has 4 aromatic rings. The molecule has 3 aromatic carbocycles. The largest absolute Gasteiger partial charge is 0.508 e. The van der Waals surface area contributed by atoms with Crippen molar-refractivity contribution in [1.29, 1.82) is 0 Å². The molecule has 0 bridgehead atoms. The lowest BCUT2D eigenvalue weighted by atomic mass is 9.99. The topological polar surface area (TPSA) is 65.6 Å². The van der Waals surface area contributed by atoms with Gasteiger partial charge < -0.3 is 19.9 Å². The molecule has 0 amide bonds. The smallest absolute Gasteiger partial charge is 0.117 e. The molecule has 0 saturated carbocycles. The SMILES string of the molecule is CC(C)Cc1c(-c2ccc(O)cc2Cl)cc(-c2ccc(O)cc2)n1-c1ccc(O)cc1. The minimum absolute atomic E-state index is 0.121. The van der Waals surface area contributed by atoms with Gasteiger partial charge in [-0.15, -0.1) is 0 Å². The third-order valence-corrected chi connectivity index (χ3v) is 5.53. The van der Waals surface area contributed by atoms with Crippen LogP contribution >= 0.6 is 11.6 Å². The van der Waals surface area contributed by atoms with Gasteiger partial charge in [-0.25, -0.2) is 0 Å². The average molecular weight is 434 g/mol. The highest BCUT2D eigenvalue weighted by Gasteiger charge is 2.21. The van der Waals surface area contributed by atoms with Gasteiger partial charge in [-0.05, 0) is 90.7 Å². The molecule has 1 heterocycles. The molecule has 0 atom stereocenters. The molecule has 31 heavy (non-hydrogen) atoms. The van der Waals surface area contributed by atoms with Gasteiger partial charge in [-0.2, -0.15) is 0 Å². The number of halogens is 1. The van der Waals surface area contributed by atoms with Gasteiger partial charge in [0.2, 0.25) is 0 Å². The first-order valence-electron chi connectivity index (χ1n) is 10.2. The Morgan fingerprint density at radius 1 is 0.742 bits per heavy atom. The van der Waals surface area contributed by atoms with Crippen LogP contribution in [0.3, 0.4) is 0 Å². The number of nitrogens with zero attached hydrogens (tertiary/aromatic N) is 1. The highest BCUT2D eigenvalue weighted by Crippen LogP contribution is 2.40. The Labute approximate surface area is 186 Å². The van der Waals surface area contributed by atoms with E-state index in [0.29, 0.717) is 10.9 Å². The molecular weight excluding hydrogens is 410 g/mol. The Morgan fingerprint density at radius 3 is 1.90 bits per heavy atom. The lowest BCUT2D eigenvalue weighted by Crippen LogP contribution is -2.06. The van der Waals surface area contributed by atoms with Crippen molar-refractivity contribution in [3.8, 4) is 45.3 Å². The fourth-order valence-electron chi connectivity index (χ4n) is 3.84. The summed E-state index contributed by atoms with van der Waals surface area (Å²) in [6.45, 7) is 4.33. The lowest BCUT2D eigenvalue weighted by molar-refractivity contribution is 0.474. The molecule has 3 N–H and O–H groups in total. The van der Waals surface area contributed by atoms with E-state index in [1.54, 1.807) is 36.4 Å². The Bertz CT molecular complexity index is 1210. The van der Waals surface area contributed by atoms with Crippen LogP contribution in [-0.4, -0.2) is 19.9 Å². The zero-order chi connectivity index (χ0) is 22.1. The Kier molecular flexibility index (Phi) is 5.66. The first-order chi connectivity index (χ1) is 14.8. The number of phenolic OH excluding ortho intramolecular Hbond substituents is 3. The van der Waals surface area contributed by atoms with E-state index in [4.69, 9.17) is 11.6 Å². The van der Waals surface area contributed by atoms with Gasteiger partial charge in [-0.3, -0.25) is 0 Å². The summed E-state index contributed by atoms with van der Waals surface area (Å²) in [6.07, 6.45) is 0.797. The van der Waals surface area contributed by atoms with Gasteiger partial charge in [0, 0.05) is 22.5 Å². The van der Waals surface area contributed by atoms with Crippen LogP contribution in [-0.2, 0) is 6.42 Å². The van der Waals surface area contributed by atoms with Crippen molar-refractivity contribution in [2.75, 3.05) is 0 Å². The highest BCUT2D eigenvalue weighted by molar-refractivity contribution is 6.33. The molecule has 0 spiro atoms. The van der Waals surface area contributed by atoms with Crippen LogP contribution in [0.15, 0.2) is 72.8 Å². The molecule has 4 rings (SSSR count). The van der Waals surface area contributed by atoms with Crippen LogP contribution in [0.5, 0.6) is 17.2 Å². The monoisotopic (exact) mass is 433 g/mol. The van der Waals surface area contributed by atoms with E-state index in [1.807, 2.05) is 30.3 Å². The van der Waals surface area contributed by atoms with Crippen LogP contribution in [0.2, 0.25) is 5.02 Å². The van der Waals surface area contributed by atoms with E-state index in [-0.39, 0.29) is 17.2 Å². The predicted molar refractivity (Wildman–Crippen MR) is 125 cm³/mol. The van der Waals surface area contributed by atoms with E-state index < -0.39 is 0 Å². The number of hydrogen-bond donors (Lipinski definition) is 3. The summed E-state index contributed by atoms with van der Waals surface area (Å²) in [5, 5.41) is 29.9. The quantitative estimate of drug-likeness (QED) is 0.325. The third-order valence-electron chi connectivity index (χ3n) is 5.22. The van der Waals surface area contributed by atoms with Crippen molar-refractivity contribution in [3.05, 3.63) is 83.5 Å². The predicted octanol–water partition coefficient (Wildman–Crippen LogP) is 6.78. The molecule has 0 aliphatic heterocycles. The fourth-order valence-corrected chi connectivity index (χ4v) is 4.11. The zero-order valence-electron chi connectivity index (χ0n) is 17.4. The van der Waals surface area contributed by atoms with Crippen molar-refractivity contribution >= 4 is 11.6 Å². The van der Waals surface area contributed by atoms with E-state index >= 15 is 0 Å². The van der Waals surface area contributed by atoms with Crippen molar-refractivity contribution < 1.29 is 15.3 Å². The van der Waals surface area contributed by atoms with Crippen LogP contribution in [0.1, 0.15) is 19.5 Å². The highest BCUT2D eigenvalue weighted by atomic mass is 35.5. The molecule has 0 aliphatic carbocycles. The summed E-state index contributed by atoms with van der Waals surface area (Å²) < 4.78 is 2.17. The molecule has 0 saturated heterocycles. The lowest BCUT2D eigenvalue weighted by Gasteiger charge is -2.17. The van der Waals surface area contributed by atoms with Gasteiger partial charge in [-0.1, -0.05) is 25.4 Å². The van der Waals surface area contributed by atoms with Gasteiger partial charge in [0.15, 0.2) is 0 Å². The molecule has 158 valence electrons. The van der Waals surface area contributed by atoms with Crippen molar-refractivity contribution in [1.82, 2.24) is 4.57 Å². The van der Waals surface area contributed by atoms with Crippen LogP contribution in [0.4, 0.5) is 0 Å². The molecule has 0 unspecified atom stereocenters. The molecule has 5 heteroatoms. The summed E-state index contributed by atoms with van der Waals surface area (Å²) in [7, 11) is 0. The van der Waals surface area contributed by atoms with Crippen molar-refractivity contribution in [2.24, 2.45) is 5.92 Å². The Balaban J connectivity index is 2.04. The molecule has 0 aliphatic rings. The second-order valence-corrected chi connectivity index (χ2v) is 8.46. The normalized spacial score (nSPS) is 11.2. The molecular formula is C26H24ClNO3. The van der Waals surface area contributed by atoms with Gasteiger partial charge in [0.25, 0.3) is 0 Å². The third kappa shape index (κ3) is 4.25. The number of rotatable bonds is 5. The van der Waals surface area contributed by atoms with Gasteiger partial charge in [0.1, 0.15) is 17.2 Å². The molecule has 0 radical (unpaired) electrons. The molecule has 4 nitrogen and oxygen atoms in total. The maximum Gasteiger partial charge on any atom is 0.117 e. The number of phenols is 3. The summed E-state index contributed by atoms with van der Waals surface area (Å²) in [5.41, 5.74) is 5.70. The first kappa shape index (κ1) is 20.9. The van der Waals surface area contributed by atoms with E-state index in [1.165, 1.54) is 0 Å². The fraction of sp³-hybridized carbons (Fsp3) is 0.154. The second-order valence-electron chi connectivity index (χ2n) is 8.05. The second kappa shape index (κ2) is 8.40. The Morgan fingerprint density at radius 2 is 1.32 bits per heavy atom. The van der Waals surface area contributed by atoms with Crippen molar-refractivity contribution in [2.45, 2.75) is 20.3 Å². The number of benzene rings is 3. The summed E-state index contributed by atoms with van der Waals surface area (Å²) in [6, 6.07) is 21.3. The number of aromatic nitrogens is 1. The minimum atomic E-state index is 0.121. The number of aromatic hydroxyl groups is 3. The zero-order valence-corrected chi connectivity index (χ0v) is 18.1. The standard InChI is InChI=1S/C26H24ClNO3/c1-16(2)13-26-23(22-12-11-21(31)14-24(22)27)15-25(17-3-7-19(29)8-4-17)28(26)18-5-9-20(30)10-6-18/h3-12,14-16,29-31H,13H2,1-2H3. The average Bonchev–Trinajstić information content (AvgIpc) is 3.07. The summed E-state index contributed by atoms with van der Waals surface area (Å²) in [5.74, 6) is 0.911. The summed E-state index contributed by atoms with van der Waals surface area (Å²) >= 11 is 6.53. The van der Waals surface area contributed by atoms with Gasteiger partial charge >= 0.3 is 0 Å². The van der Waals surface area contributed by atoms with Crippen LogP contribution in [0.25, 0.3) is 28.1 Å². The minimum Gasteiger partial charge on any atom is -0.508 e. The van der Waals surface area contributed by atoms with Crippen LogP contribution in [0, 0.1) is 5.92 Å². The maximum atomic E-state index is 9.83. The Hall–Kier alpha value is -3.37. The molecule has 0 fully saturated rings. The number of hydrogen-bond acceptors (Lipinski definition) is 3. The first-order valence-corrected chi connectivity index (χ1v) is 10.5. The van der Waals surface area contributed by atoms with E-state index in [9.17, 15) is 15.3 Å². The summed E-state index contributed by atoms with van der Waals surface area (Å²) in [4.78, 5) is 0. The molecule has 1 aromatic heterocycles. The van der Waals surface area contributed by atoms with E-state index in [0.717, 1.165) is 40.2 Å². The van der Waals surface area contributed by atoms with Gasteiger partial charge in [0.05, 0.1) is 10.7 Å². The van der Waals surface area contributed by atoms with Crippen molar-refractivity contribution in [3.63, 3.8) is 0 Å². The maximum absolute atomic E-state index is 9.83.